The van der Waals surface area contributed by atoms with Crippen LogP contribution in [0.3, 0.4) is 0 Å². The van der Waals surface area contributed by atoms with Crippen molar-refractivity contribution in [2.45, 2.75) is 38.8 Å². The van der Waals surface area contributed by atoms with Crippen LogP contribution in [0.25, 0.3) is 0 Å². The van der Waals surface area contributed by atoms with Gasteiger partial charge >= 0.3 is 0 Å². The maximum Gasteiger partial charge on any atom is 0.121 e. The lowest BCUT2D eigenvalue weighted by Crippen LogP contribution is -2.28. The average molecular weight is 238 g/mol. The van der Waals surface area contributed by atoms with Crippen molar-refractivity contribution in [3.8, 4) is 5.75 Å². The molecule has 0 aromatic heterocycles. The van der Waals surface area contributed by atoms with Gasteiger partial charge in [0.1, 0.15) is 5.75 Å². The summed E-state index contributed by atoms with van der Waals surface area (Å²) in [6, 6.07) is 5.23. The summed E-state index contributed by atoms with van der Waals surface area (Å²) in [5.41, 5.74) is 7.35. The lowest BCUT2D eigenvalue weighted by Gasteiger charge is -2.14. The molecule has 0 aliphatic heterocycles. The molecule has 0 saturated heterocycles. The van der Waals surface area contributed by atoms with E-state index in [9.17, 15) is 5.11 Å². The van der Waals surface area contributed by atoms with Crippen molar-refractivity contribution in [2.24, 2.45) is 5.73 Å². The molecule has 17 heavy (non-hydrogen) atoms. The van der Waals surface area contributed by atoms with Gasteiger partial charge in [0.15, 0.2) is 0 Å². The predicted molar refractivity (Wildman–Crippen MR) is 70.0 cm³/mol. The maximum atomic E-state index is 9.42. The van der Waals surface area contributed by atoms with E-state index >= 15 is 0 Å². The van der Waals surface area contributed by atoms with Crippen LogP contribution >= 0.6 is 0 Å². The molecule has 4 nitrogen and oxygen atoms in total. The third-order valence-electron chi connectivity index (χ3n) is 2.75. The number of aliphatic hydroxyl groups excluding tert-OH is 1. The molecule has 5 N–H and O–H groups in total. The Balaban J connectivity index is 2.46. The van der Waals surface area contributed by atoms with Gasteiger partial charge in [0.2, 0.25) is 0 Å². The zero-order valence-corrected chi connectivity index (χ0v) is 10.3. The van der Waals surface area contributed by atoms with Crippen LogP contribution in [-0.4, -0.2) is 22.8 Å². The number of rotatable bonds is 7. The van der Waals surface area contributed by atoms with E-state index in [1.54, 1.807) is 18.2 Å². The van der Waals surface area contributed by atoms with E-state index < -0.39 is 0 Å². The van der Waals surface area contributed by atoms with E-state index in [1.165, 1.54) is 0 Å². The normalized spacial score (nSPS) is 12.4. The number of unbranched alkanes of at least 4 members (excludes halogenated alkanes) is 1. The number of benzene rings is 1. The second-order valence-corrected chi connectivity index (χ2v) is 4.28. The highest BCUT2D eigenvalue weighted by molar-refractivity contribution is 5.50. The van der Waals surface area contributed by atoms with Crippen molar-refractivity contribution in [2.75, 3.05) is 11.9 Å². The molecule has 0 fully saturated rings. The SMILES string of the molecule is CCCCC(N)CNc1ccc(O)c(CO)c1. The molecular weight excluding hydrogens is 216 g/mol. The van der Waals surface area contributed by atoms with Crippen molar-refractivity contribution in [1.82, 2.24) is 0 Å². The van der Waals surface area contributed by atoms with Gasteiger partial charge in [-0.2, -0.15) is 0 Å². The average Bonchev–Trinajstić information content (AvgIpc) is 2.35. The molecule has 1 aromatic rings. The molecule has 0 spiro atoms. The molecule has 4 heteroatoms. The van der Waals surface area contributed by atoms with Gasteiger partial charge in [0, 0.05) is 23.8 Å². The third-order valence-corrected chi connectivity index (χ3v) is 2.75. The highest BCUT2D eigenvalue weighted by Gasteiger charge is 2.04. The lowest BCUT2D eigenvalue weighted by atomic mass is 10.1. The van der Waals surface area contributed by atoms with Gasteiger partial charge in [-0.1, -0.05) is 19.8 Å². The van der Waals surface area contributed by atoms with Gasteiger partial charge in [-0.3, -0.25) is 0 Å². The molecule has 96 valence electrons. The van der Waals surface area contributed by atoms with Crippen LogP contribution in [0.1, 0.15) is 31.7 Å². The Hall–Kier alpha value is -1.26. The number of hydrogen-bond acceptors (Lipinski definition) is 4. The monoisotopic (exact) mass is 238 g/mol. The highest BCUT2D eigenvalue weighted by Crippen LogP contribution is 2.21. The van der Waals surface area contributed by atoms with Crippen molar-refractivity contribution >= 4 is 5.69 Å². The Kier molecular flexibility index (Phi) is 5.80. The van der Waals surface area contributed by atoms with E-state index in [1.807, 2.05) is 0 Å². The molecule has 0 radical (unpaired) electrons. The smallest absolute Gasteiger partial charge is 0.121 e. The van der Waals surface area contributed by atoms with E-state index in [-0.39, 0.29) is 18.4 Å². The largest absolute Gasteiger partial charge is 0.508 e. The van der Waals surface area contributed by atoms with Crippen molar-refractivity contribution in [3.05, 3.63) is 23.8 Å². The molecule has 1 aromatic carbocycles. The van der Waals surface area contributed by atoms with E-state index in [0.29, 0.717) is 12.1 Å². The number of anilines is 1. The summed E-state index contributed by atoms with van der Waals surface area (Å²) in [6.07, 6.45) is 3.30. The third kappa shape index (κ3) is 4.63. The molecule has 1 unspecified atom stereocenters. The number of nitrogens with one attached hydrogen (secondary N) is 1. The Morgan fingerprint density at radius 1 is 1.41 bits per heavy atom. The molecule has 0 heterocycles. The standard InChI is InChI=1S/C13H22N2O2/c1-2-3-4-11(14)8-15-12-5-6-13(17)10(7-12)9-16/h5-7,11,15-17H,2-4,8-9,14H2,1H3. The minimum Gasteiger partial charge on any atom is -0.508 e. The molecule has 0 amide bonds. The number of aliphatic hydroxyl groups is 1. The summed E-state index contributed by atoms with van der Waals surface area (Å²) in [6.45, 7) is 2.69. The molecule has 0 aliphatic rings. The fraction of sp³-hybridized carbons (Fsp3) is 0.538. The first-order valence-corrected chi connectivity index (χ1v) is 6.09. The highest BCUT2D eigenvalue weighted by atomic mass is 16.3. The van der Waals surface area contributed by atoms with Crippen LogP contribution in [0, 0.1) is 0 Å². The van der Waals surface area contributed by atoms with E-state index in [0.717, 1.165) is 24.9 Å². The van der Waals surface area contributed by atoms with Gasteiger partial charge in [0.25, 0.3) is 0 Å². The summed E-state index contributed by atoms with van der Waals surface area (Å²) in [7, 11) is 0. The number of hydrogen-bond donors (Lipinski definition) is 4. The van der Waals surface area contributed by atoms with Crippen LogP contribution in [0.5, 0.6) is 5.75 Å². The minimum absolute atomic E-state index is 0.119. The summed E-state index contributed by atoms with van der Waals surface area (Å²) < 4.78 is 0. The maximum absolute atomic E-state index is 9.42. The number of nitrogens with two attached hydrogens (primary N) is 1. The van der Waals surface area contributed by atoms with Crippen LogP contribution in [0.4, 0.5) is 5.69 Å². The van der Waals surface area contributed by atoms with Gasteiger partial charge < -0.3 is 21.3 Å². The Labute approximate surface area is 102 Å². The fourth-order valence-corrected chi connectivity index (χ4v) is 1.64. The number of phenols is 1. The minimum atomic E-state index is -0.163. The number of aromatic hydroxyl groups is 1. The molecule has 1 atom stereocenters. The zero-order chi connectivity index (χ0) is 12.7. The first-order valence-electron chi connectivity index (χ1n) is 6.09. The first-order chi connectivity index (χ1) is 8.17. The van der Waals surface area contributed by atoms with Crippen LogP contribution in [0.15, 0.2) is 18.2 Å². The van der Waals surface area contributed by atoms with Crippen LogP contribution in [0.2, 0.25) is 0 Å². The molecule has 0 bridgehead atoms. The lowest BCUT2D eigenvalue weighted by molar-refractivity contribution is 0.275. The Bertz CT molecular complexity index is 342. The zero-order valence-electron chi connectivity index (χ0n) is 10.3. The Morgan fingerprint density at radius 2 is 2.18 bits per heavy atom. The Morgan fingerprint density at radius 3 is 2.82 bits per heavy atom. The summed E-state index contributed by atoms with van der Waals surface area (Å²) >= 11 is 0. The molecule has 1 rings (SSSR count). The molecular formula is C13H22N2O2. The van der Waals surface area contributed by atoms with Crippen LogP contribution in [-0.2, 0) is 6.61 Å². The summed E-state index contributed by atoms with van der Waals surface area (Å²) in [4.78, 5) is 0. The van der Waals surface area contributed by atoms with Crippen molar-refractivity contribution in [3.63, 3.8) is 0 Å². The second-order valence-electron chi connectivity index (χ2n) is 4.28. The second kappa shape index (κ2) is 7.14. The fourth-order valence-electron chi connectivity index (χ4n) is 1.64. The van der Waals surface area contributed by atoms with E-state index in [4.69, 9.17) is 10.8 Å². The van der Waals surface area contributed by atoms with Gasteiger partial charge in [0.05, 0.1) is 6.61 Å². The first kappa shape index (κ1) is 13.8. The van der Waals surface area contributed by atoms with Gasteiger partial charge in [-0.05, 0) is 24.6 Å². The molecule has 0 aliphatic carbocycles. The van der Waals surface area contributed by atoms with Crippen LogP contribution < -0.4 is 11.1 Å². The van der Waals surface area contributed by atoms with Crippen molar-refractivity contribution in [1.29, 1.82) is 0 Å². The summed E-state index contributed by atoms with van der Waals surface area (Å²) in [5.74, 6) is 0.119. The topological polar surface area (TPSA) is 78.5 Å². The van der Waals surface area contributed by atoms with Gasteiger partial charge in [-0.25, -0.2) is 0 Å². The van der Waals surface area contributed by atoms with Crippen molar-refractivity contribution < 1.29 is 10.2 Å². The van der Waals surface area contributed by atoms with E-state index in [2.05, 4.69) is 12.2 Å². The molecule has 0 saturated carbocycles. The predicted octanol–water partition coefficient (Wildman–Crippen LogP) is 1.81. The van der Waals surface area contributed by atoms with Gasteiger partial charge in [-0.15, -0.1) is 0 Å². The quantitative estimate of drug-likeness (QED) is 0.546. The summed E-state index contributed by atoms with van der Waals surface area (Å²) in [5, 5.41) is 21.6.